The zero-order valence-corrected chi connectivity index (χ0v) is 13.1. The van der Waals surface area contributed by atoms with E-state index in [4.69, 9.17) is 9.26 Å². The minimum atomic E-state index is -0.982. The first-order chi connectivity index (χ1) is 12.0. The van der Waals surface area contributed by atoms with Crippen molar-refractivity contribution in [3.8, 4) is 17.2 Å². The van der Waals surface area contributed by atoms with E-state index >= 15 is 0 Å². The number of amides is 1. The van der Waals surface area contributed by atoms with Gasteiger partial charge in [-0.2, -0.15) is 4.98 Å². The third-order valence-electron chi connectivity index (χ3n) is 3.26. The van der Waals surface area contributed by atoms with Crippen LogP contribution in [0.2, 0.25) is 0 Å². The van der Waals surface area contributed by atoms with E-state index in [0.717, 1.165) is 0 Å². The summed E-state index contributed by atoms with van der Waals surface area (Å²) < 4.78 is 36.7. The Morgan fingerprint density at radius 3 is 2.60 bits per heavy atom. The SMILES string of the molecule is C[C@H](Oc1ccccc1F)C(=O)Nc1noc(-c2ccc(F)cc2)n1. The molecule has 1 heterocycles. The minimum absolute atomic E-state index is 0.0368. The Bertz CT molecular complexity index is 881. The second-order valence-electron chi connectivity index (χ2n) is 5.11. The fraction of sp³-hybridized carbons (Fsp3) is 0.118. The third-order valence-corrected chi connectivity index (χ3v) is 3.26. The van der Waals surface area contributed by atoms with E-state index in [2.05, 4.69) is 15.5 Å². The molecule has 0 radical (unpaired) electrons. The number of rotatable bonds is 5. The Morgan fingerprint density at radius 1 is 1.16 bits per heavy atom. The van der Waals surface area contributed by atoms with Crippen molar-refractivity contribution >= 4 is 11.9 Å². The van der Waals surface area contributed by atoms with Crippen molar-refractivity contribution < 1.29 is 22.8 Å². The number of nitrogens with zero attached hydrogens (tertiary/aromatic N) is 2. The smallest absolute Gasteiger partial charge is 0.270 e. The molecule has 1 N–H and O–H groups in total. The van der Waals surface area contributed by atoms with Gasteiger partial charge < -0.3 is 9.26 Å². The van der Waals surface area contributed by atoms with Gasteiger partial charge in [-0.05, 0) is 48.5 Å². The Hall–Kier alpha value is -3.29. The molecule has 0 saturated carbocycles. The normalized spacial score (nSPS) is 11.8. The number of aromatic nitrogens is 2. The van der Waals surface area contributed by atoms with Crippen LogP contribution in [0.1, 0.15) is 6.92 Å². The standard InChI is InChI=1S/C17H13F2N3O3/c1-10(24-14-5-3-2-4-13(14)19)15(23)20-17-21-16(25-22-17)11-6-8-12(18)9-7-11/h2-10H,1H3,(H,20,22,23)/t10-/m0/s1. The lowest BCUT2D eigenvalue weighted by Gasteiger charge is -2.13. The average molecular weight is 345 g/mol. The topological polar surface area (TPSA) is 77.2 Å². The van der Waals surface area contributed by atoms with Crippen LogP contribution in [0.4, 0.5) is 14.7 Å². The van der Waals surface area contributed by atoms with Gasteiger partial charge in [0.2, 0.25) is 0 Å². The minimum Gasteiger partial charge on any atom is -0.478 e. The van der Waals surface area contributed by atoms with E-state index in [-0.39, 0.29) is 17.6 Å². The summed E-state index contributed by atoms with van der Waals surface area (Å²) in [4.78, 5) is 16.1. The van der Waals surface area contributed by atoms with Gasteiger partial charge in [0.1, 0.15) is 5.82 Å². The van der Waals surface area contributed by atoms with E-state index < -0.39 is 23.6 Å². The molecule has 8 heteroatoms. The van der Waals surface area contributed by atoms with E-state index in [1.807, 2.05) is 0 Å². The lowest BCUT2D eigenvalue weighted by Crippen LogP contribution is -2.30. The van der Waals surface area contributed by atoms with Crippen molar-refractivity contribution in [3.05, 3.63) is 60.2 Å². The number of halogens is 2. The van der Waals surface area contributed by atoms with Gasteiger partial charge in [-0.25, -0.2) is 8.78 Å². The number of hydrogen-bond acceptors (Lipinski definition) is 5. The summed E-state index contributed by atoms with van der Waals surface area (Å²) in [7, 11) is 0. The van der Waals surface area contributed by atoms with Crippen molar-refractivity contribution in [1.82, 2.24) is 10.1 Å². The number of benzene rings is 2. The first-order valence-electron chi connectivity index (χ1n) is 7.34. The van der Waals surface area contributed by atoms with Crippen LogP contribution in [0.5, 0.6) is 5.75 Å². The highest BCUT2D eigenvalue weighted by Gasteiger charge is 2.19. The van der Waals surface area contributed by atoms with Gasteiger partial charge in [0.25, 0.3) is 17.7 Å². The summed E-state index contributed by atoms with van der Waals surface area (Å²) in [5.41, 5.74) is 0.505. The molecule has 1 aromatic heterocycles. The summed E-state index contributed by atoms with van der Waals surface area (Å²) in [5.74, 6) is -1.53. The fourth-order valence-electron chi connectivity index (χ4n) is 1.98. The predicted octanol–water partition coefficient (Wildman–Crippen LogP) is 3.42. The molecule has 0 unspecified atom stereocenters. The molecule has 0 bridgehead atoms. The van der Waals surface area contributed by atoms with E-state index in [1.165, 1.54) is 49.4 Å². The molecular formula is C17H13F2N3O3. The van der Waals surface area contributed by atoms with Gasteiger partial charge in [0, 0.05) is 5.56 Å². The number of carbonyl (C=O) groups excluding carboxylic acids is 1. The summed E-state index contributed by atoms with van der Waals surface area (Å²) in [5, 5.41) is 6.03. The molecule has 3 rings (SSSR count). The van der Waals surface area contributed by atoms with Crippen LogP contribution in [0.15, 0.2) is 53.1 Å². The molecule has 0 aliphatic carbocycles. The number of anilines is 1. The quantitative estimate of drug-likeness (QED) is 0.767. The lowest BCUT2D eigenvalue weighted by atomic mass is 10.2. The second-order valence-corrected chi connectivity index (χ2v) is 5.11. The largest absolute Gasteiger partial charge is 0.478 e. The van der Waals surface area contributed by atoms with Gasteiger partial charge in [-0.3, -0.25) is 10.1 Å². The van der Waals surface area contributed by atoms with Crippen LogP contribution in [-0.2, 0) is 4.79 Å². The maximum absolute atomic E-state index is 13.5. The number of carbonyl (C=O) groups is 1. The maximum Gasteiger partial charge on any atom is 0.270 e. The van der Waals surface area contributed by atoms with E-state index in [9.17, 15) is 13.6 Å². The molecule has 6 nitrogen and oxygen atoms in total. The highest BCUT2D eigenvalue weighted by atomic mass is 19.1. The van der Waals surface area contributed by atoms with Crippen molar-refractivity contribution in [1.29, 1.82) is 0 Å². The van der Waals surface area contributed by atoms with Crippen LogP contribution in [-0.4, -0.2) is 22.2 Å². The maximum atomic E-state index is 13.5. The third kappa shape index (κ3) is 3.97. The van der Waals surface area contributed by atoms with Crippen LogP contribution < -0.4 is 10.1 Å². The number of ether oxygens (including phenoxy) is 1. The summed E-state index contributed by atoms with van der Waals surface area (Å²) >= 11 is 0. The summed E-state index contributed by atoms with van der Waals surface area (Å²) in [6.07, 6.45) is -0.982. The van der Waals surface area contributed by atoms with E-state index in [0.29, 0.717) is 5.56 Å². The molecule has 1 atom stereocenters. The molecular weight excluding hydrogens is 332 g/mol. The predicted molar refractivity (Wildman–Crippen MR) is 84.8 cm³/mol. The Morgan fingerprint density at radius 2 is 1.88 bits per heavy atom. The molecule has 0 spiro atoms. The van der Waals surface area contributed by atoms with Crippen molar-refractivity contribution in [2.75, 3.05) is 5.32 Å². The number of nitrogens with one attached hydrogen (secondary N) is 1. The monoisotopic (exact) mass is 345 g/mol. The van der Waals surface area contributed by atoms with Crippen molar-refractivity contribution in [3.63, 3.8) is 0 Å². The molecule has 0 saturated heterocycles. The van der Waals surface area contributed by atoms with Crippen LogP contribution >= 0.6 is 0 Å². The number of para-hydroxylation sites is 1. The molecule has 3 aromatic rings. The second kappa shape index (κ2) is 7.08. The van der Waals surface area contributed by atoms with Gasteiger partial charge in [0.05, 0.1) is 0 Å². The average Bonchev–Trinajstić information content (AvgIpc) is 3.06. The van der Waals surface area contributed by atoms with Gasteiger partial charge in [-0.1, -0.05) is 12.1 Å². The molecule has 1 amide bonds. The summed E-state index contributed by atoms with van der Waals surface area (Å²) in [6.45, 7) is 1.46. The van der Waals surface area contributed by atoms with Gasteiger partial charge in [-0.15, -0.1) is 0 Å². The van der Waals surface area contributed by atoms with Crippen LogP contribution in [0.3, 0.4) is 0 Å². The first-order valence-corrected chi connectivity index (χ1v) is 7.34. The highest BCUT2D eigenvalue weighted by molar-refractivity contribution is 5.92. The fourth-order valence-corrected chi connectivity index (χ4v) is 1.98. The highest BCUT2D eigenvalue weighted by Crippen LogP contribution is 2.20. The summed E-state index contributed by atoms with van der Waals surface area (Å²) in [6, 6.07) is 11.2. The zero-order valence-electron chi connectivity index (χ0n) is 13.1. The number of hydrogen-bond donors (Lipinski definition) is 1. The van der Waals surface area contributed by atoms with Gasteiger partial charge in [0.15, 0.2) is 17.7 Å². The molecule has 128 valence electrons. The Labute approximate surface area is 141 Å². The van der Waals surface area contributed by atoms with E-state index in [1.54, 1.807) is 6.07 Å². The molecule has 0 fully saturated rings. The molecule has 0 aliphatic heterocycles. The van der Waals surface area contributed by atoms with Crippen LogP contribution in [0, 0.1) is 11.6 Å². The molecule has 2 aromatic carbocycles. The first kappa shape index (κ1) is 16.6. The van der Waals surface area contributed by atoms with Gasteiger partial charge >= 0.3 is 0 Å². The molecule has 0 aliphatic rings. The lowest BCUT2D eigenvalue weighted by molar-refractivity contribution is -0.122. The van der Waals surface area contributed by atoms with Crippen LogP contribution in [0.25, 0.3) is 11.5 Å². The Kier molecular flexibility index (Phi) is 4.69. The Balaban J connectivity index is 1.65. The molecule has 25 heavy (non-hydrogen) atoms. The van der Waals surface area contributed by atoms with Crippen molar-refractivity contribution in [2.45, 2.75) is 13.0 Å². The zero-order chi connectivity index (χ0) is 17.8. The van der Waals surface area contributed by atoms with Crippen molar-refractivity contribution in [2.24, 2.45) is 0 Å².